The maximum absolute atomic E-state index is 14.1. The quantitative estimate of drug-likeness (QED) is 0.0971. The Morgan fingerprint density at radius 1 is 0.785 bits per heavy atom. The molecule has 16 heteroatoms. The van der Waals surface area contributed by atoms with Crippen molar-refractivity contribution in [3.8, 4) is 23.0 Å². The van der Waals surface area contributed by atoms with E-state index in [0.29, 0.717) is 70.4 Å². The number of likely N-dealkylation sites (tertiary alicyclic amines) is 1. The summed E-state index contributed by atoms with van der Waals surface area (Å²) in [6.07, 6.45) is 2.20. The number of anilines is 3. The summed E-state index contributed by atoms with van der Waals surface area (Å²) in [5, 5.41) is 7.04. The molecule has 2 fully saturated rings. The van der Waals surface area contributed by atoms with Crippen molar-refractivity contribution in [2.45, 2.75) is 79.4 Å². The van der Waals surface area contributed by atoms with Crippen LogP contribution in [-0.4, -0.2) is 97.3 Å². The molecule has 0 bridgehead atoms. The van der Waals surface area contributed by atoms with Crippen LogP contribution >= 0.6 is 0 Å². The van der Waals surface area contributed by atoms with Crippen molar-refractivity contribution in [1.82, 2.24) is 15.2 Å². The van der Waals surface area contributed by atoms with Gasteiger partial charge in [-0.15, -0.1) is 0 Å². The van der Waals surface area contributed by atoms with E-state index in [9.17, 15) is 18.0 Å². The number of allylic oxidation sites excluding steroid dienone is 2. The lowest BCUT2D eigenvalue weighted by Crippen LogP contribution is -2.41. The van der Waals surface area contributed by atoms with E-state index in [1.807, 2.05) is 25.8 Å². The Morgan fingerprint density at radius 3 is 1.85 bits per heavy atom. The number of amides is 1. The van der Waals surface area contributed by atoms with Gasteiger partial charge in [0.1, 0.15) is 29.3 Å². The zero-order valence-corrected chi connectivity index (χ0v) is 40.2. The number of hydrogen-bond donors (Lipinski definition) is 3. The summed E-state index contributed by atoms with van der Waals surface area (Å²) >= 11 is 0. The number of aromatic nitrogens is 1. The summed E-state index contributed by atoms with van der Waals surface area (Å²) in [7, 11) is 10.3. The number of methoxy groups -OCH3 is 4. The maximum atomic E-state index is 14.1. The van der Waals surface area contributed by atoms with Gasteiger partial charge in [0.05, 0.1) is 39.5 Å². The molecular weight excluding hydrogens is 842 g/mol. The Hall–Kier alpha value is -5.74. The molecule has 13 nitrogen and oxygen atoms in total. The molecule has 0 radical (unpaired) electrons. The van der Waals surface area contributed by atoms with Crippen LogP contribution in [0.5, 0.6) is 23.0 Å². The minimum atomic E-state index is -4.48. The molecule has 65 heavy (non-hydrogen) atoms. The monoisotopic (exact) mass is 913 g/mol. The van der Waals surface area contributed by atoms with Crippen LogP contribution in [0.15, 0.2) is 78.4 Å². The predicted molar refractivity (Wildman–Crippen MR) is 254 cm³/mol. The number of halogens is 3. The maximum Gasteiger partial charge on any atom is 0.418 e. The van der Waals surface area contributed by atoms with Gasteiger partial charge in [-0.2, -0.15) is 13.2 Å². The highest BCUT2D eigenvalue weighted by atomic mass is 19.4. The normalized spacial score (nSPS) is 14.8. The summed E-state index contributed by atoms with van der Waals surface area (Å²) in [4.78, 5) is 27.3. The van der Waals surface area contributed by atoms with Crippen LogP contribution in [0.1, 0.15) is 72.8 Å². The number of carbonyl (C=O) groups excluding carboxylic acids is 2. The van der Waals surface area contributed by atoms with E-state index in [0.717, 1.165) is 62.0 Å². The molecule has 1 amide bonds. The van der Waals surface area contributed by atoms with E-state index in [1.54, 1.807) is 89.2 Å². The van der Waals surface area contributed by atoms with Crippen LogP contribution in [0, 0.1) is 11.3 Å². The SMILES string of the molecule is CC(C)(C)C.CN1CCC(C=O)CC1.CNC1CCN(c2ccc(Nc3cccc(Oc4ccnc5cc(OC)c(OC)cc45)c3)cc2C(F)(F)F)CC1.CO/C(C)=C(/C)OC.NC=O. The molecule has 3 heterocycles. The molecule has 2 aliphatic heterocycles. The highest BCUT2D eigenvalue weighted by Crippen LogP contribution is 2.41. The first kappa shape index (κ1) is 55.4. The Labute approximate surface area is 383 Å². The lowest BCUT2D eigenvalue weighted by Gasteiger charge is -2.35. The number of rotatable bonds is 11. The summed E-state index contributed by atoms with van der Waals surface area (Å²) in [6.45, 7) is 15.8. The molecule has 2 saturated heterocycles. The molecule has 0 spiro atoms. The van der Waals surface area contributed by atoms with Crippen molar-refractivity contribution in [2.24, 2.45) is 17.1 Å². The Kier molecular flexibility index (Phi) is 23.5. The van der Waals surface area contributed by atoms with Gasteiger partial charge in [0.25, 0.3) is 0 Å². The molecular formula is C49H71F3N6O7. The highest BCUT2D eigenvalue weighted by molar-refractivity contribution is 5.88. The van der Waals surface area contributed by atoms with Gasteiger partial charge in [-0.3, -0.25) is 9.78 Å². The first-order valence-corrected chi connectivity index (χ1v) is 21.5. The average molecular weight is 913 g/mol. The number of nitrogens with two attached hydrogens (primary N) is 1. The van der Waals surface area contributed by atoms with Gasteiger partial charge in [-0.1, -0.05) is 33.8 Å². The van der Waals surface area contributed by atoms with Crippen molar-refractivity contribution in [3.63, 3.8) is 0 Å². The number of pyridine rings is 1. The van der Waals surface area contributed by atoms with E-state index >= 15 is 0 Å². The van der Waals surface area contributed by atoms with Gasteiger partial charge in [0.15, 0.2) is 11.5 Å². The number of nitrogens with zero attached hydrogens (tertiary/aromatic N) is 3. The van der Waals surface area contributed by atoms with Gasteiger partial charge in [-0.05, 0) is 115 Å². The van der Waals surface area contributed by atoms with Crippen LogP contribution in [0.3, 0.4) is 0 Å². The van der Waals surface area contributed by atoms with Crippen molar-refractivity contribution in [1.29, 1.82) is 0 Å². The zero-order chi connectivity index (χ0) is 48.7. The molecule has 0 atom stereocenters. The molecule has 6 rings (SSSR count). The van der Waals surface area contributed by atoms with Gasteiger partial charge in [0.2, 0.25) is 6.41 Å². The Balaban J connectivity index is 0.000000471. The number of aldehydes is 1. The predicted octanol–water partition coefficient (Wildman–Crippen LogP) is 10.2. The van der Waals surface area contributed by atoms with Gasteiger partial charge in [0, 0.05) is 65.8 Å². The van der Waals surface area contributed by atoms with E-state index in [4.69, 9.17) is 28.5 Å². The van der Waals surface area contributed by atoms with Crippen LogP contribution in [0.4, 0.5) is 30.2 Å². The molecule has 3 aromatic carbocycles. The third-order valence-electron chi connectivity index (χ3n) is 10.2. The van der Waals surface area contributed by atoms with Crippen molar-refractivity contribution in [3.05, 3.63) is 83.9 Å². The molecule has 0 saturated carbocycles. The molecule has 2 aliphatic rings. The van der Waals surface area contributed by atoms with E-state index in [-0.39, 0.29) is 12.1 Å². The van der Waals surface area contributed by atoms with E-state index < -0.39 is 11.7 Å². The first-order chi connectivity index (χ1) is 30.7. The minimum Gasteiger partial charge on any atom is -0.498 e. The fraction of sp³-hybridized carbons (Fsp3) is 0.490. The van der Waals surface area contributed by atoms with E-state index in [1.165, 1.54) is 6.07 Å². The minimum absolute atomic E-state index is 0.210. The largest absolute Gasteiger partial charge is 0.498 e. The van der Waals surface area contributed by atoms with Crippen molar-refractivity contribution < 1.29 is 46.4 Å². The van der Waals surface area contributed by atoms with Gasteiger partial charge >= 0.3 is 6.18 Å². The first-order valence-electron chi connectivity index (χ1n) is 21.5. The molecule has 4 N–H and O–H groups in total. The molecule has 4 aromatic rings. The number of alkyl halides is 3. The molecule has 1 aromatic heterocycles. The smallest absolute Gasteiger partial charge is 0.418 e. The average Bonchev–Trinajstić information content (AvgIpc) is 3.28. The van der Waals surface area contributed by atoms with E-state index in [2.05, 4.69) is 61.0 Å². The number of ether oxygens (including phenoxy) is 5. The number of nitrogens with one attached hydrogen (secondary N) is 2. The standard InChI is InChI=1S/C30H31F3N4O3.C7H13NO.C6H12O2.C5H12.CH3NO/c1-34-19-10-13-37(14-11-19)26-8-7-21(16-24(26)30(31,32)33)36-20-5-4-6-22(15-20)40-27-9-12-35-25-18-29(39-3)28(38-2)17-23(25)27;1-8-4-2-7(6-9)3-5-8;1-5(7-3)6(2)8-4;1-5(2,3)4;2-1-3/h4-9,12,15-19,34,36H,10-11,13-14H2,1-3H3;6-7H,2-5H2,1H3;1-4H3;1-4H3;1H,(H2,2,3)/b;;6-5-;;. The van der Waals surface area contributed by atoms with Crippen LogP contribution in [0.2, 0.25) is 0 Å². The van der Waals surface area contributed by atoms with Crippen LogP contribution in [-0.2, 0) is 25.2 Å². The molecule has 0 aliphatic carbocycles. The van der Waals surface area contributed by atoms with Gasteiger partial charge < -0.3 is 54.6 Å². The lowest BCUT2D eigenvalue weighted by molar-refractivity contribution is -0.137. The summed E-state index contributed by atoms with van der Waals surface area (Å²) in [6, 6.07) is 17.1. The zero-order valence-electron chi connectivity index (χ0n) is 40.2. The second kappa shape index (κ2) is 27.6. The third kappa shape index (κ3) is 19.5. The Morgan fingerprint density at radius 2 is 1.34 bits per heavy atom. The third-order valence-corrected chi connectivity index (χ3v) is 10.2. The highest BCUT2D eigenvalue weighted by Gasteiger charge is 2.36. The number of primary amides is 1. The van der Waals surface area contributed by atoms with Crippen LogP contribution < -0.4 is 35.5 Å². The summed E-state index contributed by atoms with van der Waals surface area (Å²) < 4.78 is 68.9. The topological polar surface area (TPSA) is 150 Å². The Bertz CT molecular complexity index is 2060. The number of benzene rings is 3. The summed E-state index contributed by atoms with van der Waals surface area (Å²) in [5.74, 6) is 4.15. The van der Waals surface area contributed by atoms with Crippen molar-refractivity contribution >= 4 is 40.7 Å². The fourth-order valence-corrected chi connectivity index (χ4v) is 6.45. The number of piperidine rings is 2. The molecule has 360 valence electrons. The molecule has 0 unspecified atom stereocenters. The number of hydrogen-bond acceptors (Lipinski definition) is 12. The number of fused-ring (bicyclic) bond motifs is 1. The number of carbonyl (C=O) groups is 2. The lowest BCUT2D eigenvalue weighted by atomic mass is 9.99. The second-order valence-electron chi connectivity index (χ2n) is 17.0. The second-order valence-corrected chi connectivity index (χ2v) is 17.0. The van der Waals surface area contributed by atoms with Gasteiger partial charge in [-0.25, -0.2) is 0 Å². The fourth-order valence-electron chi connectivity index (χ4n) is 6.45. The van der Waals surface area contributed by atoms with Crippen LogP contribution in [0.25, 0.3) is 10.9 Å². The summed E-state index contributed by atoms with van der Waals surface area (Å²) in [5.41, 5.74) is 5.82. The van der Waals surface area contributed by atoms with Crippen molar-refractivity contribution in [2.75, 3.05) is 78.9 Å².